The highest BCUT2D eigenvalue weighted by Crippen LogP contribution is 2.05. The lowest BCUT2D eigenvalue weighted by Gasteiger charge is -2.32. The molecule has 1 rings (SSSR count). The van der Waals surface area contributed by atoms with Gasteiger partial charge in [0.25, 0.3) is 0 Å². The molecule has 1 aliphatic heterocycles. The molecule has 1 unspecified atom stereocenters. The lowest BCUT2D eigenvalue weighted by molar-refractivity contribution is -0.00376. The maximum Gasteiger partial charge on any atom is 0.0834 e. The highest BCUT2D eigenvalue weighted by Gasteiger charge is 2.17. The molecule has 65 valence electrons. The van der Waals surface area contributed by atoms with Gasteiger partial charge in [0.1, 0.15) is 0 Å². The van der Waals surface area contributed by atoms with Crippen molar-refractivity contribution in [2.75, 3.05) is 32.9 Å². The number of hydrogen-bond acceptors (Lipinski definition) is 2. The Hall–Kier alpha value is -0.120. The average molecular weight is 158 g/mol. The summed E-state index contributed by atoms with van der Waals surface area (Å²) in [6.07, 6.45) is 0.768. The number of ether oxygens (including phenoxy) is 1. The van der Waals surface area contributed by atoms with Crippen LogP contribution in [0.2, 0.25) is 0 Å². The summed E-state index contributed by atoms with van der Waals surface area (Å²) >= 11 is 0. The van der Waals surface area contributed by atoms with Gasteiger partial charge in [0.05, 0.1) is 19.8 Å². The van der Waals surface area contributed by atoms with Gasteiger partial charge in [0.15, 0.2) is 0 Å². The minimum Gasteiger partial charge on any atom is -0.379 e. The van der Waals surface area contributed by atoms with Crippen LogP contribution in [0.15, 0.2) is 0 Å². The van der Waals surface area contributed by atoms with Crippen molar-refractivity contribution in [3.8, 4) is 0 Å². The van der Waals surface area contributed by atoms with Crippen LogP contribution in [0, 0.1) is 0 Å². The van der Waals surface area contributed by atoms with E-state index in [9.17, 15) is 5.11 Å². The summed E-state index contributed by atoms with van der Waals surface area (Å²) in [5, 5.41) is 10.2. The van der Waals surface area contributed by atoms with Crippen LogP contribution in [-0.2, 0) is 9.84 Å². The Labute approximate surface area is 68.0 Å². The van der Waals surface area contributed by atoms with Crippen molar-refractivity contribution in [2.24, 2.45) is 0 Å². The normalized spacial score (nSPS) is 27.3. The Morgan fingerprint density at radius 2 is 2.45 bits per heavy atom. The van der Waals surface area contributed by atoms with E-state index in [1.807, 2.05) is 0 Å². The Bertz CT molecular complexity index is 108. The quantitative estimate of drug-likeness (QED) is 0.600. The third-order valence-corrected chi connectivity index (χ3v) is 2.09. The molecule has 0 amide bonds. The summed E-state index contributed by atoms with van der Waals surface area (Å²) in [6, 6.07) is 0.496. The second kappa shape index (κ2) is 4.70. The van der Waals surface area contributed by atoms with E-state index in [1.54, 1.807) is 0 Å². The van der Waals surface area contributed by atoms with E-state index in [0.717, 1.165) is 32.7 Å². The molecular weight excluding hydrogens is 142 g/mol. The number of morpholine rings is 1. The summed E-state index contributed by atoms with van der Waals surface area (Å²) < 4.78 is 5.27. The zero-order valence-corrected chi connectivity index (χ0v) is 7.08. The van der Waals surface area contributed by atoms with Crippen molar-refractivity contribution in [2.45, 2.75) is 19.4 Å². The molecule has 1 heterocycles. The Morgan fingerprint density at radius 3 is 3.09 bits per heavy atom. The van der Waals surface area contributed by atoms with Crippen molar-refractivity contribution in [3.05, 3.63) is 0 Å². The van der Waals surface area contributed by atoms with Gasteiger partial charge in [-0.3, -0.25) is 4.90 Å². The van der Waals surface area contributed by atoms with Crippen LogP contribution in [0.1, 0.15) is 13.3 Å². The van der Waals surface area contributed by atoms with Crippen LogP contribution in [0.4, 0.5) is 0 Å². The topological polar surface area (TPSA) is 32.4 Å². The third kappa shape index (κ3) is 2.77. The monoisotopic (exact) mass is 158 g/mol. The van der Waals surface area contributed by atoms with E-state index >= 15 is 0 Å². The molecule has 0 aromatic carbocycles. The van der Waals surface area contributed by atoms with Gasteiger partial charge in [-0.1, -0.05) is 0 Å². The molecule has 3 heteroatoms. The predicted molar refractivity (Wildman–Crippen MR) is 42.0 cm³/mol. The molecule has 11 heavy (non-hydrogen) atoms. The first kappa shape index (κ1) is 8.97. The molecule has 0 saturated carbocycles. The van der Waals surface area contributed by atoms with Crippen LogP contribution in [0.3, 0.4) is 0 Å². The standard InChI is InChI=1S/C8H16NO2/c1-8-7-11-6-4-9(8)3-2-5-10/h8H,2-7H2,1H3. The van der Waals surface area contributed by atoms with Crippen LogP contribution < -0.4 is 0 Å². The van der Waals surface area contributed by atoms with Crippen molar-refractivity contribution >= 4 is 0 Å². The third-order valence-electron chi connectivity index (χ3n) is 2.09. The fraction of sp³-hybridized carbons (Fsp3) is 1.00. The van der Waals surface area contributed by atoms with Crippen LogP contribution in [0.25, 0.3) is 0 Å². The van der Waals surface area contributed by atoms with E-state index in [4.69, 9.17) is 4.74 Å². The molecule has 0 N–H and O–H groups in total. The first-order valence-electron chi connectivity index (χ1n) is 4.24. The van der Waals surface area contributed by atoms with E-state index in [0.29, 0.717) is 6.04 Å². The maximum absolute atomic E-state index is 10.2. The average Bonchev–Trinajstić information content (AvgIpc) is 2.03. The van der Waals surface area contributed by atoms with Gasteiger partial charge in [0, 0.05) is 19.1 Å². The SMILES string of the molecule is CC1COCCN1CCC[O]. The summed E-state index contributed by atoms with van der Waals surface area (Å²) in [5.74, 6) is 0. The van der Waals surface area contributed by atoms with Crippen molar-refractivity contribution in [1.29, 1.82) is 0 Å². The molecule has 1 aliphatic rings. The van der Waals surface area contributed by atoms with Gasteiger partial charge < -0.3 is 4.74 Å². The first-order valence-corrected chi connectivity index (χ1v) is 4.24. The fourth-order valence-corrected chi connectivity index (χ4v) is 1.36. The Morgan fingerprint density at radius 1 is 1.64 bits per heavy atom. The van der Waals surface area contributed by atoms with E-state index in [2.05, 4.69) is 11.8 Å². The van der Waals surface area contributed by atoms with Crippen molar-refractivity contribution in [1.82, 2.24) is 4.90 Å². The molecule has 1 radical (unpaired) electrons. The Kier molecular flexibility index (Phi) is 3.83. The zero-order chi connectivity index (χ0) is 8.10. The number of rotatable bonds is 3. The molecule has 0 aromatic heterocycles. The zero-order valence-electron chi connectivity index (χ0n) is 7.08. The lowest BCUT2D eigenvalue weighted by Crippen LogP contribution is -2.44. The molecule has 3 nitrogen and oxygen atoms in total. The van der Waals surface area contributed by atoms with Crippen LogP contribution >= 0.6 is 0 Å². The molecular formula is C8H16NO2. The second-order valence-corrected chi connectivity index (χ2v) is 3.02. The maximum atomic E-state index is 10.2. The highest BCUT2D eigenvalue weighted by atomic mass is 16.5. The predicted octanol–water partition coefficient (Wildman–Crippen LogP) is 0.528. The second-order valence-electron chi connectivity index (χ2n) is 3.02. The Balaban J connectivity index is 2.18. The molecule has 1 saturated heterocycles. The van der Waals surface area contributed by atoms with Gasteiger partial charge in [0.2, 0.25) is 0 Å². The number of hydrogen-bond donors (Lipinski definition) is 0. The van der Waals surface area contributed by atoms with Gasteiger partial charge in [-0.05, 0) is 13.3 Å². The largest absolute Gasteiger partial charge is 0.379 e. The van der Waals surface area contributed by atoms with Crippen LogP contribution in [-0.4, -0.2) is 43.9 Å². The molecule has 0 bridgehead atoms. The molecule has 1 atom stereocenters. The van der Waals surface area contributed by atoms with E-state index < -0.39 is 0 Å². The summed E-state index contributed by atoms with van der Waals surface area (Å²) in [7, 11) is 0. The minimum atomic E-state index is 0.0457. The van der Waals surface area contributed by atoms with Gasteiger partial charge >= 0.3 is 0 Å². The van der Waals surface area contributed by atoms with E-state index in [-0.39, 0.29) is 6.61 Å². The van der Waals surface area contributed by atoms with Crippen LogP contribution in [0.5, 0.6) is 0 Å². The number of nitrogens with zero attached hydrogens (tertiary/aromatic N) is 1. The molecule has 0 spiro atoms. The summed E-state index contributed by atoms with van der Waals surface area (Å²) in [6.45, 7) is 5.76. The molecule has 0 aliphatic carbocycles. The fourth-order valence-electron chi connectivity index (χ4n) is 1.36. The first-order chi connectivity index (χ1) is 5.34. The molecule has 0 aromatic rings. The smallest absolute Gasteiger partial charge is 0.0834 e. The van der Waals surface area contributed by atoms with Crippen molar-refractivity contribution < 1.29 is 9.84 Å². The van der Waals surface area contributed by atoms with Gasteiger partial charge in [-0.25, -0.2) is 5.11 Å². The summed E-state index contributed by atoms with van der Waals surface area (Å²) in [4.78, 5) is 2.32. The molecule has 1 fully saturated rings. The lowest BCUT2D eigenvalue weighted by atomic mass is 10.2. The highest BCUT2D eigenvalue weighted by molar-refractivity contribution is 4.70. The summed E-state index contributed by atoms with van der Waals surface area (Å²) in [5.41, 5.74) is 0. The van der Waals surface area contributed by atoms with Gasteiger partial charge in [-0.15, -0.1) is 0 Å². The van der Waals surface area contributed by atoms with Gasteiger partial charge in [-0.2, -0.15) is 0 Å². The minimum absolute atomic E-state index is 0.0457. The van der Waals surface area contributed by atoms with Crippen molar-refractivity contribution in [3.63, 3.8) is 0 Å². The van der Waals surface area contributed by atoms with E-state index in [1.165, 1.54) is 0 Å².